The Bertz CT molecular complexity index is 2270. The number of imidazole rings is 1. The molecule has 0 amide bonds. The number of aryl methyl sites for hydroxylation is 1. The van der Waals surface area contributed by atoms with Gasteiger partial charge in [-0.25, -0.2) is 0 Å². The van der Waals surface area contributed by atoms with Crippen molar-refractivity contribution in [2.24, 2.45) is 5.41 Å². The van der Waals surface area contributed by atoms with E-state index >= 15 is 0 Å². The van der Waals surface area contributed by atoms with Crippen LogP contribution < -0.4 is 5.10 Å². The maximum atomic E-state index is 12.1. The van der Waals surface area contributed by atoms with E-state index in [2.05, 4.69) is 139 Å². The van der Waals surface area contributed by atoms with Crippen LogP contribution in [-0.4, -0.2) is 29.4 Å². The molecule has 1 aliphatic rings. The smallest absolute Gasteiger partial charge is 0.413 e. The van der Waals surface area contributed by atoms with Gasteiger partial charge in [-0.3, -0.25) is 15.1 Å². The predicted octanol–water partition coefficient (Wildman–Crippen LogP) is 9.85. The number of alkyl halides is 3. The Morgan fingerprint density at radius 3 is 1.94 bits per heavy atom. The molecule has 6 aromatic rings. The molecule has 5 aromatic heterocycles. The summed E-state index contributed by atoms with van der Waals surface area (Å²) in [6.07, 6.45) is -3.13. The molecular formula is C40H46F3IrN7-2. The third-order valence-corrected chi connectivity index (χ3v) is 11.2. The molecule has 5 heterocycles. The Hall–Kier alpha value is -3.69. The van der Waals surface area contributed by atoms with E-state index in [1.54, 1.807) is 12.1 Å². The molecule has 0 N–H and O–H groups in total. The number of aromatic nitrogens is 7. The molecule has 7 rings (SSSR count). The fourth-order valence-corrected chi connectivity index (χ4v) is 7.31. The van der Waals surface area contributed by atoms with Gasteiger partial charge in [-0.15, -0.1) is 11.6 Å². The van der Waals surface area contributed by atoms with E-state index < -0.39 is 12.0 Å². The molecule has 0 spiro atoms. The number of pyridine rings is 3. The second-order valence-corrected chi connectivity index (χ2v) is 17.2. The van der Waals surface area contributed by atoms with Crippen LogP contribution in [0.15, 0.2) is 42.6 Å². The zero-order valence-corrected chi connectivity index (χ0v) is 34.0. The van der Waals surface area contributed by atoms with E-state index in [1.807, 2.05) is 0 Å². The van der Waals surface area contributed by atoms with Gasteiger partial charge in [0.2, 0.25) is 0 Å². The summed E-state index contributed by atoms with van der Waals surface area (Å²) in [4.78, 5) is 17.5. The van der Waals surface area contributed by atoms with E-state index in [9.17, 15) is 13.2 Å². The zero-order valence-electron chi connectivity index (χ0n) is 31.6. The third-order valence-electron chi connectivity index (χ3n) is 11.2. The topological polar surface area (TPSA) is 83.0 Å². The Morgan fingerprint density at radius 1 is 0.784 bits per heavy atom. The molecule has 0 unspecified atom stereocenters. The summed E-state index contributed by atoms with van der Waals surface area (Å²) in [6, 6.07) is 15.6. The molecule has 51 heavy (non-hydrogen) atoms. The molecule has 0 fully saturated rings. The minimum absolute atomic E-state index is 0. The maximum Gasteiger partial charge on any atom is 0.429 e. The van der Waals surface area contributed by atoms with Crippen molar-refractivity contribution in [3.05, 3.63) is 82.6 Å². The van der Waals surface area contributed by atoms with Crippen LogP contribution in [0.5, 0.6) is 0 Å². The number of halogens is 3. The molecule has 7 nitrogen and oxygen atoms in total. The van der Waals surface area contributed by atoms with E-state index in [1.165, 1.54) is 34.6 Å². The molecule has 11 heteroatoms. The number of fused-ring (bicyclic) bond motifs is 6. The Labute approximate surface area is 311 Å². The van der Waals surface area contributed by atoms with Crippen molar-refractivity contribution in [3.63, 3.8) is 0 Å². The predicted molar refractivity (Wildman–Crippen MR) is 192 cm³/mol. The van der Waals surface area contributed by atoms with Gasteiger partial charge in [0.15, 0.2) is 0 Å². The Morgan fingerprint density at radius 2 is 1.41 bits per heavy atom. The normalized spacial score (nSPS) is 16.5. The second kappa shape index (κ2) is 12.2. The second-order valence-electron chi connectivity index (χ2n) is 17.2. The molecule has 0 aliphatic heterocycles. The van der Waals surface area contributed by atoms with Crippen LogP contribution in [0.4, 0.5) is 13.2 Å². The average molecular weight is 874 g/mol. The Kier molecular flexibility index (Phi) is 9.21. The number of benzene rings is 1. The monoisotopic (exact) mass is 874 g/mol. The first kappa shape index (κ1) is 38.5. The molecule has 0 atom stereocenters. The van der Waals surface area contributed by atoms with Crippen molar-refractivity contribution in [2.75, 3.05) is 0 Å². The zero-order chi connectivity index (χ0) is 37.0. The Balaban J connectivity index is 0.000000264. The van der Waals surface area contributed by atoms with Gasteiger partial charge in [0, 0.05) is 37.4 Å². The van der Waals surface area contributed by atoms with Crippen LogP contribution in [0.25, 0.3) is 39.1 Å². The van der Waals surface area contributed by atoms with Crippen molar-refractivity contribution in [1.82, 2.24) is 34.5 Å². The van der Waals surface area contributed by atoms with Crippen molar-refractivity contribution >= 4 is 27.6 Å². The van der Waals surface area contributed by atoms with E-state index in [0.717, 1.165) is 33.3 Å². The number of rotatable bonds is 1. The van der Waals surface area contributed by atoms with Gasteiger partial charge >= 0.3 is 6.18 Å². The van der Waals surface area contributed by atoms with Gasteiger partial charge in [0.1, 0.15) is 5.82 Å². The quantitative estimate of drug-likeness (QED) is 0.153. The van der Waals surface area contributed by atoms with Gasteiger partial charge in [0.25, 0.3) is 0 Å². The summed E-state index contributed by atoms with van der Waals surface area (Å²) in [7, 11) is 0. The van der Waals surface area contributed by atoms with Crippen molar-refractivity contribution in [2.45, 2.75) is 118 Å². The summed E-state index contributed by atoms with van der Waals surface area (Å²) in [5, 5.41) is 7.26. The molecular weight excluding hydrogens is 828 g/mol. The molecule has 0 bridgehead atoms. The standard InChI is InChI=1S/C32H42N3.C8H4F3N4.Ir/c1-18-14-19-22(33-26(18)29(5,6)7)17-25(28(2,3)4)35-24-16-21-20(15-23(24)34-27(19)35)30(8,9)32(12,13)31(21,10)11;9-8(10,11)7-13-6(14-15-7)5-3-1-2-4-12-5;/h15-17H,1-13H3;1-4H;/q2*-1;. The minimum Gasteiger partial charge on any atom is -0.413 e. The van der Waals surface area contributed by atoms with Crippen LogP contribution in [0.2, 0.25) is 0 Å². The maximum absolute atomic E-state index is 12.1. The molecule has 273 valence electrons. The first-order valence-electron chi connectivity index (χ1n) is 17.0. The number of hydrogen-bond donors (Lipinski definition) is 0. The number of nitrogens with zero attached hydrogens (tertiary/aromatic N) is 7. The first-order chi connectivity index (χ1) is 22.9. The van der Waals surface area contributed by atoms with E-state index in [0.29, 0.717) is 0 Å². The number of hydrogen-bond acceptors (Lipinski definition) is 5. The van der Waals surface area contributed by atoms with Crippen LogP contribution in [-0.2, 0) is 47.9 Å². The van der Waals surface area contributed by atoms with Gasteiger partial charge in [-0.1, -0.05) is 108 Å². The van der Waals surface area contributed by atoms with Crippen LogP contribution >= 0.6 is 0 Å². The fourth-order valence-electron chi connectivity index (χ4n) is 7.31. The van der Waals surface area contributed by atoms with Crippen molar-refractivity contribution in [1.29, 1.82) is 0 Å². The summed E-state index contributed by atoms with van der Waals surface area (Å²) in [6.45, 7) is 30.1. The average Bonchev–Trinajstić information content (AvgIpc) is 3.67. The van der Waals surface area contributed by atoms with Crippen LogP contribution in [0, 0.1) is 18.4 Å². The van der Waals surface area contributed by atoms with Gasteiger partial charge in [-0.05, 0) is 74.1 Å². The van der Waals surface area contributed by atoms with Crippen LogP contribution in [0.3, 0.4) is 0 Å². The molecule has 1 aromatic carbocycles. The fraction of sp³-hybridized carbons (Fsp3) is 0.475. The van der Waals surface area contributed by atoms with Gasteiger partial charge < -0.3 is 19.5 Å². The summed E-state index contributed by atoms with van der Waals surface area (Å²) in [5.74, 6) is -1.37. The molecule has 1 aliphatic carbocycles. The van der Waals surface area contributed by atoms with Crippen molar-refractivity contribution < 1.29 is 33.3 Å². The molecule has 0 saturated heterocycles. The summed E-state index contributed by atoms with van der Waals surface area (Å²) < 4.78 is 38.8. The van der Waals surface area contributed by atoms with Crippen molar-refractivity contribution in [3.8, 4) is 11.5 Å². The van der Waals surface area contributed by atoms with Gasteiger partial charge in [-0.2, -0.15) is 13.2 Å². The SMILES string of the molecule is Cc1[c-]c2c(cc(C(C)(C)C)n3c4cc5c(cc4nc23)C(C)(C)C(C)(C)C5(C)C)nc1C(C)(C)C.FC(F)(F)c1n[n-]c(-c2ccccn2)n1.[Ir]. The first-order valence-corrected chi connectivity index (χ1v) is 17.0. The third kappa shape index (κ3) is 6.18. The summed E-state index contributed by atoms with van der Waals surface area (Å²) >= 11 is 0. The minimum atomic E-state index is -4.57. The molecule has 0 saturated carbocycles. The van der Waals surface area contributed by atoms with Crippen LogP contribution in [0.1, 0.15) is 117 Å². The van der Waals surface area contributed by atoms with E-state index in [-0.39, 0.29) is 58.7 Å². The molecule has 1 radical (unpaired) electrons. The van der Waals surface area contributed by atoms with E-state index in [4.69, 9.17) is 9.97 Å². The largest absolute Gasteiger partial charge is 0.429 e. The summed E-state index contributed by atoms with van der Waals surface area (Å²) in [5.41, 5.74) is 10.9. The van der Waals surface area contributed by atoms with Gasteiger partial charge in [0.05, 0.1) is 22.4 Å².